The molecular weight excluding hydrogens is 220 g/mol. The van der Waals surface area contributed by atoms with E-state index in [1.165, 1.54) is 32.1 Å². The van der Waals surface area contributed by atoms with Crippen LogP contribution < -0.4 is 0 Å². The van der Waals surface area contributed by atoms with Crippen LogP contribution in [0, 0.1) is 17.2 Å². The SMILES string of the molecule is N=C(c1ccccc1)N1CCC2CCCCC2C1. The molecule has 1 aliphatic heterocycles. The first kappa shape index (κ1) is 11.8. The smallest absolute Gasteiger partial charge is 0.128 e. The Hall–Kier alpha value is -1.31. The number of benzene rings is 1. The zero-order valence-corrected chi connectivity index (χ0v) is 10.9. The Morgan fingerprint density at radius 2 is 1.72 bits per heavy atom. The van der Waals surface area contributed by atoms with Crippen LogP contribution in [-0.2, 0) is 0 Å². The highest BCUT2D eigenvalue weighted by Gasteiger charge is 2.32. The summed E-state index contributed by atoms with van der Waals surface area (Å²) in [6, 6.07) is 10.2. The Balaban J connectivity index is 1.69. The van der Waals surface area contributed by atoms with Crippen molar-refractivity contribution in [3.05, 3.63) is 35.9 Å². The molecule has 2 unspecified atom stereocenters. The molecule has 2 fully saturated rings. The van der Waals surface area contributed by atoms with Crippen LogP contribution in [0.5, 0.6) is 0 Å². The zero-order chi connectivity index (χ0) is 12.4. The van der Waals surface area contributed by atoms with Crippen LogP contribution in [0.15, 0.2) is 30.3 Å². The van der Waals surface area contributed by atoms with E-state index >= 15 is 0 Å². The largest absolute Gasteiger partial charge is 0.356 e. The molecule has 2 heteroatoms. The second-order valence-corrected chi connectivity index (χ2v) is 5.75. The van der Waals surface area contributed by atoms with E-state index in [1.807, 2.05) is 18.2 Å². The van der Waals surface area contributed by atoms with E-state index < -0.39 is 0 Å². The van der Waals surface area contributed by atoms with Crippen molar-refractivity contribution < 1.29 is 0 Å². The predicted octanol–water partition coefficient (Wildman–Crippen LogP) is 3.52. The number of nitrogens with one attached hydrogen (secondary N) is 1. The van der Waals surface area contributed by atoms with Gasteiger partial charge in [-0.3, -0.25) is 5.41 Å². The van der Waals surface area contributed by atoms with Crippen LogP contribution in [-0.4, -0.2) is 23.8 Å². The van der Waals surface area contributed by atoms with Crippen molar-refractivity contribution in [2.24, 2.45) is 11.8 Å². The van der Waals surface area contributed by atoms with Gasteiger partial charge in [-0.15, -0.1) is 0 Å². The van der Waals surface area contributed by atoms with Crippen LogP contribution >= 0.6 is 0 Å². The van der Waals surface area contributed by atoms with Gasteiger partial charge < -0.3 is 4.90 Å². The van der Waals surface area contributed by atoms with Crippen molar-refractivity contribution >= 4 is 5.84 Å². The molecule has 1 aliphatic carbocycles. The van der Waals surface area contributed by atoms with Gasteiger partial charge in [0.05, 0.1) is 0 Å². The number of amidine groups is 1. The summed E-state index contributed by atoms with van der Waals surface area (Å²) in [5.41, 5.74) is 1.06. The van der Waals surface area contributed by atoms with Crippen molar-refractivity contribution in [3.63, 3.8) is 0 Å². The minimum Gasteiger partial charge on any atom is -0.356 e. The van der Waals surface area contributed by atoms with Gasteiger partial charge >= 0.3 is 0 Å². The molecule has 0 spiro atoms. The van der Waals surface area contributed by atoms with Gasteiger partial charge in [0.25, 0.3) is 0 Å². The number of fused-ring (bicyclic) bond motifs is 1. The third kappa shape index (κ3) is 2.29. The summed E-state index contributed by atoms with van der Waals surface area (Å²) in [4.78, 5) is 2.29. The monoisotopic (exact) mass is 242 g/mol. The fraction of sp³-hybridized carbons (Fsp3) is 0.562. The van der Waals surface area contributed by atoms with Gasteiger partial charge in [0, 0.05) is 18.7 Å². The normalized spacial score (nSPS) is 27.7. The molecule has 1 aromatic rings. The molecule has 1 heterocycles. The number of nitrogens with zero attached hydrogens (tertiary/aromatic N) is 1. The van der Waals surface area contributed by atoms with E-state index in [1.54, 1.807) is 0 Å². The summed E-state index contributed by atoms with van der Waals surface area (Å²) >= 11 is 0. The van der Waals surface area contributed by atoms with Gasteiger partial charge in [0.1, 0.15) is 5.84 Å². The van der Waals surface area contributed by atoms with E-state index in [4.69, 9.17) is 5.41 Å². The lowest BCUT2D eigenvalue weighted by Crippen LogP contribution is -2.44. The molecule has 96 valence electrons. The molecule has 1 N–H and O–H groups in total. The minimum absolute atomic E-state index is 0.722. The summed E-state index contributed by atoms with van der Waals surface area (Å²) in [5, 5.41) is 8.36. The lowest BCUT2D eigenvalue weighted by Gasteiger charge is -2.42. The molecule has 1 saturated heterocycles. The highest BCUT2D eigenvalue weighted by Crippen LogP contribution is 2.36. The van der Waals surface area contributed by atoms with E-state index in [0.717, 1.165) is 36.3 Å². The van der Waals surface area contributed by atoms with Crippen molar-refractivity contribution in [1.82, 2.24) is 4.90 Å². The van der Waals surface area contributed by atoms with Gasteiger partial charge in [0.2, 0.25) is 0 Å². The summed E-state index contributed by atoms with van der Waals surface area (Å²) < 4.78 is 0. The third-order valence-corrected chi connectivity index (χ3v) is 4.65. The number of piperidine rings is 1. The maximum atomic E-state index is 8.36. The zero-order valence-electron chi connectivity index (χ0n) is 10.9. The average Bonchev–Trinajstić information content (AvgIpc) is 2.47. The van der Waals surface area contributed by atoms with Crippen LogP contribution in [0.4, 0.5) is 0 Å². The van der Waals surface area contributed by atoms with Crippen LogP contribution in [0.2, 0.25) is 0 Å². The average molecular weight is 242 g/mol. The molecular formula is C16H22N2. The molecule has 3 rings (SSSR count). The van der Waals surface area contributed by atoms with Crippen LogP contribution in [0.1, 0.15) is 37.7 Å². The lowest BCUT2D eigenvalue weighted by atomic mass is 9.75. The minimum atomic E-state index is 0.722. The Kier molecular flexibility index (Phi) is 3.35. The molecule has 2 nitrogen and oxygen atoms in total. The van der Waals surface area contributed by atoms with Gasteiger partial charge in [-0.2, -0.15) is 0 Å². The summed E-state index contributed by atoms with van der Waals surface area (Å²) in [6.45, 7) is 2.19. The number of rotatable bonds is 1. The van der Waals surface area contributed by atoms with Gasteiger partial charge in [0.15, 0.2) is 0 Å². The van der Waals surface area contributed by atoms with Crippen molar-refractivity contribution in [2.75, 3.05) is 13.1 Å². The number of hydrogen-bond acceptors (Lipinski definition) is 1. The second kappa shape index (κ2) is 5.13. The molecule has 0 radical (unpaired) electrons. The van der Waals surface area contributed by atoms with Gasteiger partial charge in [-0.25, -0.2) is 0 Å². The van der Waals surface area contributed by atoms with E-state index in [9.17, 15) is 0 Å². The Morgan fingerprint density at radius 3 is 2.50 bits per heavy atom. The molecule has 1 aromatic carbocycles. The Bertz CT molecular complexity index is 412. The maximum Gasteiger partial charge on any atom is 0.128 e. The van der Waals surface area contributed by atoms with Gasteiger partial charge in [-0.1, -0.05) is 49.6 Å². The first-order chi connectivity index (χ1) is 8.84. The first-order valence-corrected chi connectivity index (χ1v) is 7.23. The number of hydrogen-bond donors (Lipinski definition) is 1. The van der Waals surface area contributed by atoms with Crippen molar-refractivity contribution in [3.8, 4) is 0 Å². The van der Waals surface area contributed by atoms with Crippen molar-refractivity contribution in [1.29, 1.82) is 5.41 Å². The fourth-order valence-electron chi connectivity index (χ4n) is 3.58. The van der Waals surface area contributed by atoms with Gasteiger partial charge in [-0.05, 0) is 24.7 Å². The molecule has 0 amide bonds. The highest BCUT2D eigenvalue weighted by molar-refractivity contribution is 5.96. The third-order valence-electron chi connectivity index (χ3n) is 4.65. The van der Waals surface area contributed by atoms with Crippen LogP contribution in [0.3, 0.4) is 0 Å². The van der Waals surface area contributed by atoms with E-state index in [0.29, 0.717) is 0 Å². The standard InChI is InChI=1S/C16H22N2/c17-16(14-7-2-1-3-8-14)18-11-10-13-6-4-5-9-15(13)12-18/h1-3,7-8,13,15,17H,4-6,9-12H2. The fourth-order valence-corrected chi connectivity index (χ4v) is 3.58. The second-order valence-electron chi connectivity index (χ2n) is 5.75. The van der Waals surface area contributed by atoms with E-state index in [2.05, 4.69) is 17.0 Å². The summed E-state index contributed by atoms with van der Waals surface area (Å²) in [6.07, 6.45) is 6.92. The highest BCUT2D eigenvalue weighted by atomic mass is 15.2. The topological polar surface area (TPSA) is 27.1 Å². The number of likely N-dealkylation sites (tertiary alicyclic amines) is 1. The molecule has 18 heavy (non-hydrogen) atoms. The Labute approximate surface area is 110 Å². The molecule has 0 aromatic heterocycles. The molecule has 0 bridgehead atoms. The maximum absolute atomic E-state index is 8.36. The van der Waals surface area contributed by atoms with Crippen LogP contribution in [0.25, 0.3) is 0 Å². The Morgan fingerprint density at radius 1 is 1.00 bits per heavy atom. The first-order valence-electron chi connectivity index (χ1n) is 7.23. The van der Waals surface area contributed by atoms with Crippen molar-refractivity contribution in [2.45, 2.75) is 32.1 Å². The summed E-state index contributed by atoms with van der Waals surface area (Å²) in [5.74, 6) is 2.51. The molecule has 1 saturated carbocycles. The quantitative estimate of drug-likeness (QED) is 0.592. The molecule has 2 atom stereocenters. The predicted molar refractivity (Wildman–Crippen MR) is 74.9 cm³/mol. The summed E-state index contributed by atoms with van der Waals surface area (Å²) in [7, 11) is 0. The van der Waals surface area contributed by atoms with E-state index in [-0.39, 0.29) is 0 Å². The lowest BCUT2D eigenvalue weighted by molar-refractivity contribution is 0.130. The molecule has 2 aliphatic rings.